The number of aromatic nitrogens is 2. The maximum absolute atomic E-state index is 5.93. The third-order valence-electron chi connectivity index (χ3n) is 3.48. The van der Waals surface area contributed by atoms with Crippen molar-refractivity contribution in [2.75, 3.05) is 6.61 Å². The molecule has 0 spiro atoms. The van der Waals surface area contributed by atoms with Gasteiger partial charge in [-0.1, -0.05) is 0 Å². The van der Waals surface area contributed by atoms with E-state index in [1.54, 1.807) is 12.4 Å². The van der Waals surface area contributed by atoms with E-state index in [0.29, 0.717) is 0 Å². The third-order valence-corrected chi connectivity index (χ3v) is 3.48. The largest absolute Gasteiger partial charge is 0.367 e. The highest BCUT2D eigenvalue weighted by Gasteiger charge is 2.44. The van der Waals surface area contributed by atoms with Crippen LogP contribution in [0.3, 0.4) is 0 Å². The van der Waals surface area contributed by atoms with E-state index in [9.17, 15) is 0 Å². The van der Waals surface area contributed by atoms with Crippen LogP contribution in [0.5, 0.6) is 0 Å². The van der Waals surface area contributed by atoms with Gasteiger partial charge >= 0.3 is 0 Å². The van der Waals surface area contributed by atoms with Crippen LogP contribution in [0, 0.1) is 5.92 Å². The van der Waals surface area contributed by atoms with Crippen LogP contribution >= 0.6 is 0 Å². The van der Waals surface area contributed by atoms with Crippen molar-refractivity contribution < 1.29 is 4.74 Å². The molecule has 3 aliphatic rings. The first-order valence-corrected chi connectivity index (χ1v) is 5.30. The van der Waals surface area contributed by atoms with E-state index in [4.69, 9.17) is 4.74 Å². The molecule has 2 bridgehead atoms. The molecule has 0 N–H and O–H groups in total. The van der Waals surface area contributed by atoms with Gasteiger partial charge in [0.05, 0.1) is 6.61 Å². The van der Waals surface area contributed by atoms with Crippen molar-refractivity contribution in [1.82, 2.24) is 9.97 Å². The highest BCUT2D eigenvalue weighted by molar-refractivity contribution is 5.07. The minimum absolute atomic E-state index is 0.143. The number of nitrogens with zero attached hydrogens (tertiary/aromatic N) is 2. The number of fused-ring (bicyclic) bond motifs is 3. The van der Waals surface area contributed by atoms with E-state index in [1.807, 2.05) is 6.07 Å². The Morgan fingerprint density at radius 3 is 2.50 bits per heavy atom. The van der Waals surface area contributed by atoms with E-state index in [1.165, 1.54) is 12.8 Å². The molecular formula is C11H14N2O. The van der Waals surface area contributed by atoms with Crippen molar-refractivity contribution in [1.29, 1.82) is 0 Å². The summed E-state index contributed by atoms with van der Waals surface area (Å²) >= 11 is 0. The lowest BCUT2D eigenvalue weighted by atomic mass is 9.75. The second-order valence-corrected chi connectivity index (χ2v) is 4.32. The van der Waals surface area contributed by atoms with Crippen molar-refractivity contribution in [2.24, 2.45) is 5.92 Å². The highest BCUT2D eigenvalue weighted by Crippen LogP contribution is 2.46. The molecule has 3 fully saturated rings. The van der Waals surface area contributed by atoms with Crippen LogP contribution in [0.15, 0.2) is 18.5 Å². The van der Waals surface area contributed by atoms with Gasteiger partial charge in [-0.25, -0.2) is 9.97 Å². The quantitative estimate of drug-likeness (QED) is 0.678. The average Bonchev–Trinajstić information content (AvgIpc) is 2.33. The van der Waals surface area contributed by atoms with E-state index >= 15 is 0 Å². The molecule has 1 aromatic heterocycles. The zero-order valence-corrected chi connectivity index (χ0v) is 8.15. The van der Waals surface area contributed by atoms with E-state index in [0.717, 1.165) is 31.2 Å². The average molecular weight is 190 g/mol. The van der Waals surface area contributed by atoms with Gasteiger partial charge in [-0.05, 0) is 37.7 Å². The van der Waals surface area contributed by atoms with Crippen LogP contribution in [0.25, 0.3) is 0 Å². The van der Waals surface area contributed by atoms with Crippen molar-refractivity contribution in [3.63, 3.8) is 0 Å². The molecule has 0 aromatic carbocycles. The lowest BCUT2D eigenvalue weighted by Gasteiger charge is -2.45. The van der Waals surface area contributed by atoms with Crippen LogP contribution in [0.2, 0.25) is 0 Å². The fourth-order valence-electron chi connectivity index (χ4n) is 2.55. The normalized spacial score (nSPS) is 35.9. The number of hydrogen-bond donors (Lipinski definition) is 0. The summed E-state index contributed by atoms with van der Waals surface area (Å²) < 4.78 is 5.93. The fourth-order valence-corrected chi connectivity index (χ4v) is 2.55. The monoisotopic (exact) mass is 190 g/mol. The van der Waals surface area contributed by atoms with Crippen LogP contribution in [0.4, 0.5) is 0 Å². The molecule has 2 aliphatic heterocycles. The Morgan fingerprint density at radius 1 is 1.21 bits per heavy atom. The zero-order valence-electron chi connectivity index (χ0n) is 8.15. The van der Waals surface area contributed by atoms with E-state index in [-0.39, 0.29) is 5.60 Å². The Bertz CT molecular complexity index is 304. The SMILES string of the molecule is c1cnc(C23CCC(CC2)CO3)nc1. The zero-order chi connectivity index (χ0) is 9.43. The number of rotatable bonds is 1. The van der Waals surface area contributed by atoms with Gasteiger partial charge in [0.2, 0.25) is 0 Å². The maximum atomic E-state index is 5.93. The molecule has 1 saturated carbocycles. The van der Waals surface area contributed by atoms with Gasteiger partial charge in [0.25, 0.3) is 0 Å². The summed E-state index contributed by atoms with van der Waals surface area (Å²) in [5, 5.41) is 0. The van der Waals surface area contributed by atoms with Gasteiger partial charge in [-0.3, -0.25) is 0 Å². The summed E-state index contributed by atoms with van der Waals surface area (Å²) in [5.74, 6) is 1.68. The van der Waals surface area contributed by atoms with Crippen LogP contribution in [0.1, 0.15) is 31.5 Å². The first-order chi connectivity index (χ1) is 6.89. The summed E-state index contributed by atoms with van der Waals surface area (Å²) in [4.78, 5) is 8.67. The predicted molar refractivity (Wildman–Crippen MR) is 51.6 cm³/mol. The number of hydrogen-bond acceptors (Lipinski definition) is 3. The maximum Gasteiger partial charge on any atom is 0.160 e. The lowest BCUT2D eigenvalue weighted by molar-refractivity contribution is -0.154. The Morgan fingerprint density at radius 2 is 1.93 bits per heavy atom. The molecule has 4 rings (SSSR count). The molecule has 2 saturated heterocycles. The first kappa shape index (κ1) is 8.36. The van der Waals surface area contributed by atoms with Gasteiger partial charge in [0, 0.05) is 12.4 Å². The van der Waals surface area contributed by atoms with Crippen molar-refractivity contribution >= 4 is 0 Å². The molecule has 74 valence electrons. The molecule has 0 radical (unpaired) electrons. The van der Waals surface area contributed by atoms with Gasteiger partial charge in [0.1, 0.15) is 5.60 Å². The predicted octanol–water partition coefficient (Wildman–Crippen LogP) is 1.89. The number of ether oxygens (including phenoxy) is 1. The van der Waals surface area contributed by atoms with Gasteiger partial charge < -0.3 is 4.74 Å². The lowest BCUT2D eigenvalue weighted by Crippen LogP contribution is -2.43. The van der Waals surface area contributed by atoms with Crippen molar-refractivity contribution in [2.45, 2.75) is 31.3 Å². The van der Waals surface area contributed by atoms with Crippen LogP contribution in [-0.4, -0.2) is 16.6 Å². The van der Waals surface area contributed by atoms with Gasteiger partial charge in [-0.15, -0.1) is 0 Å². The molecule has 1 aliphatic carbocycles. The standard InChI is InChI=1S/C11H14N2O/c1-6-12-10(13-7-1)11-4-2-9(3-5-11)8-14-11/h1,6-7,9H,2-5,8H2. The molecule has 3 nitrogen and oxygen atoms in total. The van der Waals surface area contributed by atoms with Crippen molar-refractivity contribution in [3.8, 4) is 0 Å². The first-order valence-electron chi connectivity index (χ1n) is 5.30. The van der Waals surface area contributed by atoms with Crippen molar-refractivity contribution in [3.05, 3.63) is 24.3 Å². The minimum Gasteiger partial charge on any atom is -0.367 e. The highest BCUT2D eigenvalue weighted by atomic mass is 16.5. The summed E-state index contributed by atoms with van der Waals surface area (Å²) in [7, 11) is 0. The second kappa shape index (κ2) is 3.02. The second-order valence-electron chi connectivity index (χ2n) is 4.32. The summed E-state index contributed by atoms with van der Waals surface area (Å²) in [5.41, 5.74) is -0.143. The molecular weight excluding hydrogens is 176 g/mol. The van der Waals surface area contributed by atoms with Crippen LogP contribution in [-0.2, 0) is 10.3 Å². The Balaban J connectivity index is 1.96. The smallest absolute Gasteiger partial charge is 0.160 e. The fraction of sp³-hybridized carbons (Fsp3) is 0.636. The molecule has 14 heavy (non-hydrogen) atoms. The molecule has 0 unspecified atom stereocenters. The topological polar surface area (TPSA) is 35.0 Å². The third kappa shape index (κ3) is 1.16. The van der Waals surface area contributed by atoms with Gasteiger partial charge in [0.15, 0.2) is 5.82 Å². The molecule has 3 heterocycles. The van der Waals surface area contributed by atoms with Crippen LogP contribution < -0.4 is 0 Å². The van der Waals surface area contributed by atoms with Gasteiger partial charge in [-0.2, -0.15) is 0 Å². The molecule has 0 amide bonds. The molecule has 0 atom stereocenters. The van der Waals surface area contributed by atoms with E-state index in [2.05, 4.69) is 9.97 Å². The Labute approximate surface area is 83.5 Å². The summed E-state index contributed by atoms with van der Waals surface area (Å²) in [6, 6.07) is 1.86. The summed E-state index contributed by atoms with van der Waals surface area (Å²) in [6.45, 7) is 0.901. The summed E-state index contributed by atoms with van der Waals surface area (Å²) in [6.07, 6.45) is 8.36. The molecule has 1 aromatic rings. The minimum atomic E-state index is -0.143. The van der Waals surface area contributed by atoms with E-state index < -0.39 is 0 Å². The molecule has 3 heteroatoms. The Hall–Kier alpha value is -0.960. The Kier molecular flexibility index (Phi) is 1.80.